The first-order valence-electron chi connectivity index (χ1n) is 7.89. The van der Waals surface area contributed by atoms with Crippen molar-refractivity contribution in [1.29, 1.82) is 0 Å². The van der Waals surface area contributed by atoms with E-state index in [-0.39, 0.29) is 24.2 Å². The van der Waals surface area contributed by atoms with Gasteiger partial charge in [-0.2, -0.15) is 5.10 Å². The summed E-state index contributed by atoms with van der Waals surface area (Å²) in [5.41, 5.74) is 1.55. The van der Waals surface area contributed by atoms with E-state index in [4.69, 9.17) is 0 Å². The first kappa shape index (κ1) is 16.0. The number of nitro benzene ring substituents is 1. The number of H-pyrrole nitrogens is 1. The molecule has 1 aromatic heterocycles. The summed E-state index contributed by atoms with van der Waals surface area (Å²) in [5.74, 6) is 0.248. The molecular weight excluding hydrogens is 310 g/mol. The number of carbonyl (C=O) groups excluding carboxylic acids is 1. The molecule has 1 saturated heterocycles. The Balaban J connectivity index is 1.60. The highest BCUT2D eigenvalue weighted by Crippen LogP contribution is 2.25. The SMILES string of the molecule is O=C(NCc1ccccc1[N+](=O)[O-])N1CCC[C@H](c2ccn[nH]2)C1. The van der Waals surface area contributed by atoms with Crippen LogP contribution in [-0.4, -0.2) is 39.1 Å². The Hall–Kier alpha value is -2.90. The van der Waals surface area contributed by atoms with E-state index in [0.29, 0.717) is 18.7 Å². The Kier molecular flexibility index (Phi) is 4.74. The molecule has 1 aromatic carbocycles. The zero-order valence-electron chi connectivity index (χ0n) is 13.1. The number of nitro groups is 1. The fraction of sp³-hybridized carbons (Fsp3) is 0.375. The Morgan fingerprint density at radius 1 is 1.42 bits per heavy atom. The molecule has 2 amide bonds. The number of nitrogens with zero attached hydrogens (tertiary/aromatic N) is 3. The second-order valence-corrected chi connectivity index (χ2v) is 5.84. The molecule has 0 spiro atoms. The molecular formula is C16H19N5O3. The number of para-hydroxylation sites is 1. The van der Waals surface area contributed by atoms with Crippen LogP contribution in [0.15, 0.2) is 36.5 Å². The molecule has 1 atom stereocenters. The Morgan fingerprint density at radius 3 is 3.00 bits per heavy atom. The topological polar surface area (TPSA) is 104 Å². The number of rotatable bonds is 4. The maximum atomic E-state index is 12.4. The molecule has 1 fully saturated rings. The van der Waals surface area contributed by atoms with Gasteiger partial charge in [0.25, 0.3) is 5.69 Å². The molecule has 0 unspecified atom stereocenters. The highest BCUT2D eigenvalue weighted by molar-refractivity contribution is 5.74. The van der Waals surface area contributed by atoms with E-state index in [1.54, 1.807) is 29.3 Å². The van der Waals surface area contributed by atoms with Crippen LogP contribution < -0.4 is 5.32 Å². The average molecular weight is 329 g/mol. The van der Waals surface area contributed by atoms with Crippen molar-refractivity contribution in [2.75, 3.05) is 13.1 Å². The molecule has 8 nitrogen and oxygen atoms in total. The van der Waals surface area contributed by atoms with Gasteiger partial charge in [-0.3, -0.25) is 15.2 Å². The van der Waals surface area contributed by atoms with Crippen LogP contribution in [0.2, 0.25) is 0 Å². The van der Waals surface area contributed by atoms with E-state index in [2.05, 4.69) is 15.5 Å². The van der Waals surface area contributed by atoms with E-state index >= 15 is 0 Å². The lowest BCUT2D eigenvalue weighted by Crippen LogP contribution is -2.44. The van der Waals surface area contributed by atoms with Gasteiger partial charge in [-0.1, -0.05) is 18.2 Å². The van der Waals surface area contributed by atoms with Crippen molar-refractivity contribution in [3.05, 3.63) is 57.9 Å². The second kappa shape index (κ2) is 7.12. The maximum Gasteiger partial charge on any atom is 0.317 e. The van der Waals surface area contributed by atoms with Crippen molar-refractivity contribution in [2.45, 2.75) is 25.3 Å². The number of hydrogen-bond donors (Lipinski definition) is 2. The number of likely N-dealkylation sites (tertiary alicyclic amines) is 1. The summed E-state index contributed by atoms with van der Waals surface area (Å²) in [6.45, 7) is 1.44. The van der Waals surface area contributed by atoms with E-state index in [1.807, 2.05) is 6.07 Å². The van der Waals surface area contributed by atoms with Gasteiger partial charge in [-0.25, -0.2) is 4.79 Å². The number of benzene rings is 1. The van der Waals surface area contributed by atoms with E-state index in [9.17, 15) is 14.9 Å². The lowest BCUT2D eigenvalue weighted by molar-refractivity contribution is -0.385. The van der Waals surface area contributed by atoms with Crippen LogP contribution in [0.25, 0.3) is 0 Å². The molecule has 8 heteroatoms. The Morgan fingerprint density at radius 2 is 2.25 bits per heavy atom. The van der Waals surface area contributed by atoms with Crippen LogP contribution in [-0.2, 0) is 6.54 Å². The monoisotopic (exact) mass is 329 g/mol. The van der Waals surface area contributed by atoms with Gasteiger partial charge < -0.3 is 10.2 Å². The molecule has 0 saturated carbocycles. The summed E-state index contributed by atoms with van der Waals surface area (Å²) in [6.07, 6.45) is 3.64. The fourth-order valence-electron chi connectivity index (χ4n) is 3.03. The molecule has 0 aliphatic carbocycles. The third-order valence-electron chi connectivity index (χ3n) is 4.29. The lowest BCUT2D eigenvalue weighted by Gasteiger charge is -2.32. The molecule has 2 N–H and O–H groups in total. The quantitative estimate of drug-likeness (QED) is 0.664. The van der Waals surface area contributed by atoms with Gasteiger partial charge in [0.1, 0.15) is 0 Å². The average Bonchev–Trinajstić information content (AvgIpc) is 3.14. The number of nitrogens with one attached hydrogen (secondary N) is 2. The van der Waals surface area contributed by atoms with E-state index in [1.165, 1.54) is 6.07 Å². The Labute approximate surface area is 139 Å². The zero-order chi connectivity index (χ0) is 16.9. The number of carbonyl (C=O) groups is 1. The first-order chi connectivity index (χ1) is 11.6. The van der Waals surface area contributed by atoms with Crippen LogP contribution in [0, 0.1) is 10.1 Å². The van der Waals surface area contributed by atoms with Crippen molar-refractivity contribution in [1.82, 2.24) is 20.4 Å². The minimum Gasteiger partial charge on any atom is -0.334 e. The van der Waals surface area contributed by atoms with Gasteiger partial charge in [0, 0.05) is 42.5 Å². The van der Waals surface area contributed by atoms with Crippen molar-refractivity contribution in [3.63, 3.8) is 0 Å². The molecule has 0 radical (unpaired) electrons. The molecule has 3 rings (SSSR count). The van der Waals surface area contributed by atoms with Crippen LogP contribution in [0.1, 0.15) is 30.0 Å². The minimum atomic E-state index is -0.434. The van der Waals surface area contributed by atoms with Gasteiger partial charge in [0.05, 0.1) is 11.5 Å². The second-order valence-electron chi connectivity index (χ2n) is 5.84. The number of urea groups is 1. The van der Waals surface area contributed by atoms with Crippen LogP contribution in [0.5, 0.6) is 0 Å². The van der Waals surface area contributed by atoms with Crippen LogP contribution in [0.4, 0.5) is 10.5 Å². The summed E-state index contributed by atoms with van der Waals surface area (Å²) in [7, 11) is 0. The molecule has 2 aromatic rings. The summed E-state index contributed by atoms with van der Waals surface area (Å²) in [6, 6.07) is 8.17. The number of amides is 2. The van der Waals surface area contributed by atoms with E-state index < -0.39 is 4.92 Å². The zero-order valence-corrected chi connectivity index (χ0v) is 13.1. The molecule has 126 valence electrons. The highest BCUT2D eigenvalue weighted by atomic mass is 16.6. The normalized spacial score (nSPS) is 17.5. The number of hydrogen-bond acceptors (Lipinski definition) is 4. The minimum absolute atomic E-state index is 0.0202. The molecule has 24 heavy (non-hydrogen) atoms. The van der Waals surface area contributed by atoms with Gasteiger partial charge in [-0.15, -0.1) is 0 Å². The fourth-order valence-corrected chi connectivity index (χ4v) is 3.03. The maximum absolute atomic E-state index is 12.4. The van der Waals surface area contributed by atoms with Crippen molar-refractivity contribution < 1.29 is 9.72 Å². The first-order valence-corrected chi connectivity index (χ1v) is 7.89. The van der Waals surface area contributed by atoms with Crippen molar-refractivity contribution in [2.24, 2.45) is 0 Å². The summed E-state index contributed by atoms with van der Waals surface area (Å²) in [4.78, 5) is 24.7. The van der Waals surface area contributed by atoms with Crippen LogP contribution in [0.3, 0.4) is 0 Å². The standard InChI is InChI=1S/C16H19N5O3/c22-16(17-10-12-4-1-2-6-15(12)21(23)24)20-9-3-5-13(11-20)14-7-8-18-19-14/h1-2,4,6-8,13H,3,5,9-11H2,(H,17,22)(H,18,19)/t13-/m0/s1. The molecule has 0 bridgehead atoms. The van der Waals surface area contributed by atoms with Gasteiger partial charge >= 0.3 is 6.03 Å². The smallest absolute Gasteiger partial charge is 0.317 e. The summed E-state index contributed by atoms with van der Waals surface area (Å²) >= 11 is 0. The van der Waals surface area contributed by atoms with Gasteiger partial charge in [0.15, 0.2) is 0 Å². The van der Waals surface area contributed by atoms with E-state index in [0.717, 1.165) is 18.5 Å². The van der Waals surface area contributed by atoms with Crippen LogP contribution >= 0.6 is 0 Å². The van der Waals surface area contributed by atoms with Gasteiger partial charge in [-0.05, 0) is 18.9 Å². The molecule has 1 aliphatic rings. The lowest BCUT2D eigenvalue weighted by atomic mass is 9.95. The third kappa shape index (κ3) is 3.53. The third-order valence-corrected chi connectivity index (χ3v) is 4.29. The number of aromatic amines is 1. The van der Waals surface area contributed by atoms with Crippen molar-refractivity contribution in [3.8, 4) is 0 Å². The predicted octanol–water partition coefficient (Wildman–Crippen LogP) is 2.41. The molecule has 2 heterocycles. The Bertz CT molecular complexity index is 716. The van der Waals surface area contributed by atoms with Crippen molar-refractivity contribution >= 4 is 11.7 Å². The predicted molar refractivity (Wildman–Crippen MR) is 87.5 cm³/mol. The largest absolute Gasteiger partial charge is 0.334 e. The summed E-state index contributed by atoms with van der Waals surface area (Å²) < 4.78 is 0. The molecule has 1 aliphatic heterocycles. The highest BCUT2D eigenvalue weighted by Gasteiger charge is 2.25. The summed E-state index contributed by atoms with van der Waals surface area (Å²) in [5, 5.41) is 20.7. The number of aromatic nitrogens is 2. The number of piperidine rings is 1. The van der Waals surface area contributed by atoms with Gasteiger partial charge in [0.2, 0.25) is 0 Å².